The van der Waals surface area contributed by atoms with Crippen LogP contribution < -0.4 is 0 Å². The summed E-state index contributed by atoms with van der Waals surface area (Å²) in [4.78, 5) is 0. The van der Waals surface area contributed by atoms with Gasteiger partial charge in [0.15, 0.2) is 0 Å². The van der Waals surface area contributed by atoms with Crippen molar-refractivity contribution in [1.29, 1.82) is 0 Å². The second kappa shape index (κ2) is 27.0. The maximum Gasteiger partial charge on any atom is 2.00 e. The van der Waals surface area contributed by atoms with Crippen molar-refractivity contribution in [3.8, 4) is 0 Å². The summed E-state index contributed by atoms with van der Waals surface area (Å²) < 4.78 is 0. The van der Waals surface area contributed by atoms with E-state index >= 15 is 0 Å². The predicted molar refractivity (Wildman–Crippen MR) is 93.0 cm³/mol. The molecule has 0 atom stereocenters. The Morgan fingerprint density at radius 2 is 1.20 bits per heavy atom. The van der Waals surface area contributed by atoms with Crippen LogP contribution in [-0.4, -0.2) is 9.52 Å². The summed E-state index contributed by atoms with van der Waals surface area (Å²) in [6, 6.07) is 0. The molecule has 2 aliphatic rings. The number of allylic oxidation sites excluding steroid dienone is 12. The van der Waals surface area contributed by atoms with Crippen molar-refractivity contribution in [2.24, 2.45) is 0 Å². The fourth-order valence-corrected chi connectivity index (χ4v) is 0.903. The molecule has 2 rings (SSSR count). The minimum absolute atomic E-state index is 0. The zero-order valence-corrected chi connectivity index (χ0v) is 17.3. The number of hydrogen-bond donors (Lipinski definition) is 0. The standard InChI is InChI=1S/C6H10.2C5H5.C2H8Si.Zr/c1-3-5-6-4-2;2*1-2-4-5-3-1;1-3-2;/h3-6H,1-2H3;2*1-3H,4H2;3H2,1-2H3;/q;2*-1;;+2. The first kappa shape index (κ1) is 24.6. The molecule has 108 valence electrons. The van der Waals surface area contributed by atoms with Gasteiger partial charge in [0, 0.05) is 9.52 Å². The van der Waals surface area contributed by atoms with E-state index in [0.717, 1.165) is 12.8 Å². The summed E-state index contributed by atoms with van der Waals surface area (Å²) in [6.45, 7) is 8.53. The van der Waals surface area contributed by atoms with Gasteiger partial charge in [0.1, 0.15) is 0 Å². The Balaban J connectivity index is -0.000000194. The fourth-order valence-electron chi connectivity index (χ4n) is 0.903. The van der Waals surface area contributed by atoms with Gasteiger partial charge in [-0.25, -0.2) is 24.3 Å². The van der Waals surface area contributed by atoms with Crippen molar-refractivity contribution < 1.29 is 26.2 Å². The molecule has 2 aliphatic carbocycles. The van der Waals surface area contributed by atoms with Crippen LogP contribution in [0.1, 0.15) is 26.7 Å². The Morgan fingerprint density at radius 3 is 1.30 bits per heavy atom. The average molecular weight is 364 g/mol. The summed E-state index contributed by atoms with van der Waals surface area (Å²) >= 11 is 0. The van der Waals surface area contributed by atoms with Gasteiger partial charge in [-0.2, -0.15) is 12.2 Å². The molecule has 0 amide bonds. The molecule has 0 aromatic rings. The largest absolute Gasteiger partial charge is 2.00 e. The van der Waals surface area contributed by atoms with E-state index in [0.29, 0.717) is 9.52 Å². The van der Waals surface area contributed by atoms with Crippen molar-refractivity contribution in [3.63, 3.8) is 0 Å². The molecule has 0 bridgehead atoms. The molecule has 0 heterocycles. The van der Waals surface area contributed by atoms with Crippen molar-refractivity contribution in [2.75, 3.05) is 0 Å². The number of hydrogen-bond acceptors (Lipinski definition) is 0. The van der Waals surface area contributed by atoms with Crippen molar-refractivity contribution in [3.05, 3.63) is 72.9 Å². The quantitative estimate of drug-likeness (QED) is 0.349. The Bertz CT molecular complexity index is 268. The summed E-state index contributed by atoms with van der Waals surface area (Å²) in [6.07, 6.45) is 28.0. The van der Waals surface area contributed by atoms with E-state index in [9.17, 15) is 0 Å². The maximum absolute atomic E-state index is 2.99. The molecule has 0 fully saturated rings. The third-order valence-corrected chi connectivity index (χ3v) is 1.67. The first-order valence-corrected chi connectivity index (χ1v) is 9.83. The van der Waals surface area contributed by atoms with Crippen molar-refractivity contribution in [2.45, 2.75) is 39.8 Å². The van der Waals surface area contributed by atoms with Crippen LogP contribution in [0.2, 0.25) is 13.1 Å². The topological polar surface area (TPSA) is 0 Å². The van der Waals surface area contributed by atoms with Crippen molar-refractivity contribution >= 4 is 9.52 Å². The van der Waals surface area contributed by atoms with E-state index in [2.05, 4.69) is 37.4 Å². The SMILES string of the molecule is CC=CC=CC.C[SiH2]C.[C-]1=CC=CC1.[C-]1=CC=CC1.[Zr+2]. The molecule has 0 spiro atoms. The van der Waals surface area contributed by atoms with E-state index in [4.69, 9.17) is 0 Å². The van der Waals surface area contributed by atoms with E-state index in [-0.39, 0.29) is 26.2 Å². The van der Waals surface area contributed by atoms with Crippen LogP contribution in [0.15, 0.2) is 60.8 Å². The first-order valence-electron chi connectivity index (χ1n) is 7.00. The predicted octanol–water partition coefficient (Wildman–Crippen LogP) is 5.00. The summed E-state index contributed by atoms with van der Waals surface area (Å²) in [5, 5.41) is 0. The first-order chi connectivity index (χ1) is 9.33. The molecule has 0 aromatic heterocycles. The van der Waals surface area contributed by atoms with Crippen molar-refractivity contribution in [1.82, 2.24) is 0 Å². The van der Waals surface area contributed by atoms with E-state index in [1.165, 1.54) is 0 Å². The van der Waals surface area contributed by atoms with Gasteiger partial charge < -0.3 is 0 Å². The van der Waals surface area contributed by atoms with Gasteiger partial charge in [-0.3, -0.25) is 12.2 Å². The van der Waals surface area contributed by atoms with Gasteiger partial charge in [-0.15, -0.1) is 12.8 Å². The van der Waals surface area contributed by atoms with Gasteiger partial charge in [-0.1, -0.05) is 37.4 Å². The maximum atomic E-state index is 2.99. The van der Waals surface area contributed by atoms with Gasteiger partial charge in [0.05, 0.1) is 0 Å². The molecule has 0 aromatic carbocycles. The summed E-state index contributed by atoms with van der Waals surface area (Å²) in [7, 11) is 0.417. The van der Waals surface area contributed by atoms with Gasteiger partial charge >= 0.3 is 26.2 Å². The second-order valence-electron chi connectivity index (χ2n) is 3.76. The van der Waals surface area contributed by atoms with Crippen LogP contribution >= 0.6 is 0 Å². The fraction of sp³-hybridized carbons (Fsp3) is 0.333. The third-order valence-electron chi connectivity index (χ3n) is 1.67. The molecule has 20 heavy (non-hydrogen) atoms. The molecule has 0 saturated heterocycles. The molecule has 0 N–H and O–H groups in total. The Kier molecular flexibility index (Phi) is 33.1. The van der Waals surface area contributed by atoms with Crippen LogP contribution in [0.4, 0.5) is 0 Å². The monoisotopic (exact) mass is 362 g/mol. The van der Waals surface area contributed by atoms with Crippen LogP contribution in [0.3, 0.4) is 0 Å². The molecule has 0 aliphatic heterocycles. The van der Waals surface area contributed by atoms with Gasteiger partial charge in [0.25, 0.3) is 0 Å². The van der Waals surface area contributed by atoms with Crippen LogP contribution in [0, 0.1) is 12.2 Å². The average Bonchev–Trinajstić information content (AvgIpc) is 3.13. The second-order valence-corrected chi connectivity index (χ2v) is 5.18. The van der Waals surface area contributed by atoms with E-state index in [1.54, 1.807) is 0 Å². The van der Waals surface area contributed by atoms with Gasteiger partial charge in [-0.05, 0) is 13.8 Å². The molecular weight excluding hydrogens is 336 g/mol. The van der Waals surface area contributed by atoms with Gasteiger partial charge in [0.2, 0.25) is 0 Å². The molecule has 0 nitrogen and oxygen atoms in total. The third kappa shape index (κ3) is 30.5. The minimum atomic E-state index is 0. The summed E-state index contributed by atoms with van der Waals surface area (Å²) in [5.41, 5.74) is 0. The van der Waals surface area contributed by atoms with Crippen LogP contribution in [0.25, 0.3) is 0 Å². The molecular formula is C18H28SiZr. The zero-order chi connectivity index (χ0) is 14.6. The molecule has 0 unspecified atom stereocenters. The molecule has 0 saturated carbocycles. The van der Waals surface area contributed by atoms with E-state index < -0.39 is 0 Å². The Morgan fingerprint density at radius 1 is 0.850 bits per heavy atom. The Hall–Kier alpha value is -0.460. The number of rotatable bonds is 1. The van der Waals surface area contributed by atoms with Crippen LogP contribution in [0.5, 0.6) is 0 Å². The smallest absolute Gasteiger partial charge is 0.273 e. The van der Waals surface area contributed by atoms with Crippen LogP contribution in [-0.2, 0) is 26.2 Å². The minimum Gasteiger partial charge on any atom is -0.273 e. The zero-order valence-electron chi connectivity index (χ0n) is 13.4. The summed E-state index contributed by atoms with van der Waals surface area (Å²) in [5.74, 6) is 0. The molecule has 0 radical (unpaired) electrons. The Labute approximate surface area is 148 Å². The van der Waals surface area contributed by atoms with E-state index in [1.807, 2.05) is 62.5 Å². The molecule has 2 heteroatoms. The normalized spacial score (nSPS) is 13.2.